The lowest BCUT2D eigenvalue weighted by atomic mass is 9.97. The molecular weight excluding hydrogens is 503 g/mol. The molecule has 0 fully saturated rings. The molecule has 0 spiro atoms. The molecule has 2 aromatic rings. The molecule has 0 saturated heterocycles. The van der Waals surface area contributed by atoms with Crippen molar-refractivity contribution < 1.29 is 17.6 Å². The Balaban J connectivity index is 1.39. The van der Waals surface area contributed by atoms with E-state index in [0.29, 0.717) is 24.3 Å². The SMILES string of the molecule is CC(C)N(C(=O)c1ccc(NS(=O)(=O)C2C=CC=C3C=CC=NC32)cc1)C(C)CNCc1ccc(F)cc1. The van der Waals surface area contributed by atoms with E-state index in [-0.39, 0.29) is 23.8 Å². The number of rotatable bonds is 10. The Hall–Kier alpha value is -3.56. The van der Waals surface area contributed by atoms with Crippen molar-refractivity contribution in [2.45, 2.75) is 50.7 Å². The number of fused-ring (bicyclic) bond motifs is 1. The second kappa shape index (κ2) is 11.9. The second-order valence-electron chi connectivity index (χ2n) is 9.76. The number of dihydropyridines is 1. The molecule has 2 aliphatic rings. The van der Waals surface area contributed by atoms with Gasteiger partial charge in [-0.25, -0.2) is 12.8 Å². The summed E-state index contributed by atoms with van der Waals surface area (Å²) >= 11 is 0. The molecule has 3 unspecified atom stereocenters. The molecule has 2 aromatic carbocycles. The van der Waals surface area contributed by atoms with Crippen molar-refractivity contribution in [1.82, 2.24) is 10.2 Å². The van der Waals surface area contributed by atoms with Gasteiger partial charge >= 0.3 is 0 Å². The van der Waals surface area contributed by atoms with Gasteiger partial charge in [0.1, 0.15) is 11.1 Å². The molecule has 1 aliphatic heterocycles. The highest BCUT2D eigenvalue weighted by molar-refractivity contribution is 7.93. The normalized spacial score (nSPS) is 19.1. The number of nitrogens with one attached hydrogen (secondary N) is 2. The van der Waals surface area contributed by atoms with E-state index in [4.69, 9.17) is 0 Å². The number of benzene rings is 2. The Bertz CT molecular complexity index is 1360. The molecule has 1 amide bonds. The summed E-state index contributed by atoms with van der Waals surface area (Å²) in [5, 5.41) is 2.50. The van der Waals surface area contributed by atoms with Crippen molar-refractivity contribution in [2.75, 3.05) is 11.3 Å². The van der Waals surface area contributed by atoms with Crippen LogP contribution in [-0.4, -0.2) is 55.4 Å². The molecule has 1 heterocycles. The van der Waals surface area contributed by atoms with Gasteiger partial charge < -0.3 is 10.2 Å². The minimum absolute atomic E-state index is 0.0475. The van der Waals surface area contributed by atoms with E-state index in [1.165, 1.54) is 12.1 Å². The zero-order valence-corrected chi connectivity index (χ0v) is 22.5. The lowest BCUT2D eigenvalue weighted by Gasteiger charge is -2.33. The van der Waals surface area contributed by atoms with Crippen LogP contribution in [0.1, 0.15) is 36.7 Å². The van der Waals surface area contributed by atoms with Crippen LogP contribution in [0.5, 0.6) is 0 Å². The quantitative estimate of drug-likeness (QED) is 0.469. The number of aliphatic imine (C=N–C) groups is 1. The van der Waals surface area contributed by atoms with Crippen molar-refractivity contribution in [2.24, 2.45) is 4.99 Å². The van der Waals surface area contributed by atoms with E-state index >= 15 is 0 Å². The summed E-state index contributed by atoms with van der Waals surface area (Å²) in [6, 6.07) is 12.2. The minimum atomic E-state index is -3.77. The molecular formula is C29H33FN4O3S. The number of anilines is 1. The van der Waals surface area contributed by atoms with Crippen LogP contribution >= 0.6 is 0 Å². The first kappa shape index (κ1) is 27.5. The average Bonchev–Trinajstić information content (AvgIpc) is 2.89. The molecule has 0 bridgehead atoms. The summed E-state index contributed by atoms with van der Waals surface area (Å²) in [5.41, 5.74) is 2.66. The number of carbonyl (C=O) groups is 1. The predicted molar refractivity (Wildman–Crippen MR) is 150 cm³/mol. The van der Waals surface area contributed by atoms with E-state index in [2.05, 4.69) is 15.0 Å². The standard InChI is InChI=1S/C29H33FN4O3S/c1-20(2)34(21(3)18-31-19-22-9-13-25(30)14-10-22)29(35)24-11-15-26(16-12-24)33-38(36,37)27-8-4-6-23-7-5-17-32-28(23)27/h4-17,20-21,27-28,31,33H,18-19H2,1-3H3. The molecule has 0 radical (unpaired) electrons. The summed E-state index contributed by atoms with van der Waals surface area (Å²) in [6.45, 7) is 7.01. The van der Waals surface area contributed by atoms with Crippen molar-refractivity contribution in [3.8, 4) is 0 Å². The number of hydrogen-bond donors (Lipinski definition) is 2. The van der Waals surface area contributed by atoms with Crippen molar-refractivity contribution in [3.05, 3.63) is 101 Å². The zero-order valence-electron chi connectivity index (χ0n) is 21.7. The number of carbonyl (C=O) groups excluding carboxylic acids is 1. The monoisotopic (exact) mass is 536 g/mol. The lowest BCUT2D eigenvalue weighted by Crippen LogP contribution is -2.47. The van der Waals surface area contributed by atoms with Gasteiger partial charge in [0.2, 0.25) is 10.0 Å². The fraction of sp³-hybridized carbons (Fsp3) is 0.310. The van der Waals surface area contributed by atoms with E-state index in [0.717, 1.165) is 11.1 Å². The van der Waals surface area contributed by atoms with Crippen LogP contribution in [0.3, 0.4) is 0 Å². The van der Waals surface area contributed by atoms with E-state index in [9.17, 15) is 17.6 Å². The van der Waals surface area contributed by atoms with Crippen LogP contribution in [0.25, 0.3) is 0 Å². The Morgan fingerprint density at radius 3 is 2.45 bits per heavy atom. The summed E-state index contributed by atoms with van der Waals surface area (Å²) in [7, 11) is -3.77. The van der Waals surface area contributed by atoms with Crippen LogP contribution in [0.2, 0.25) is 0 Å². The molecule has 0 aromatic heterocycles. The van der Waals surface area contributed by atoms with Gasteiger partial charge in [0, 0.05) is 42.6 Å². The molecule has 4 rings (SSSR count). The summed E-state index contributed by atoms with van der Waals surface area (Å²) in [5.74, 6) is -0.413. The maximum absolute atomic E-state index is 13.4. The molecule has 1 aliphatic carbocycles. The highest BCUT2D eigenvalue weighted by Gasteiger charge is 2.35. The molecule has 2 N–H and O–H groups in total. The third-order valence-electron chi connectivity index (χ3n) is 6.56. The second-order valence-corrected chi connectivity index (χ2v) is 11.6. The summed E-state index contributed by atoms with van der Waals surface area (Å²) in [4.78, 5) is 19.5. The molecule has 0 saturated carbocycles. The van der Waals surface area contributed by atoms with Gasteiger partial charge in [-0.15, -0.1) is 0 Å². The number of nitrogens with zero attached hydrogens (tertiary/aromatic N) is 2. The number of amides is 1. The van der Waals surface area contributed by atoms with Crippen LogP contribution in [0.4, 0.5) is 10.1 Å². The van der Waals surface area contributed by atoms with Gasteiger partial charge in [-0.1, -0.05) is 36.4 Å². The predicted octanol–water partition coefficient (Wildman–Crippen LogP) is 4.47. The van der Waals surface area contributed by atoms with E-state index in [1.54, 1.807) is 65.7 Å². The third kappa shape index (κ3) is 6.46. The lowest BCUT2D eigenvalue weighted by molar-refractivity contribution is 0.0625. The van der Waals surface area contributed by atoms with E-state index < -0.39 is 21.3 Å². The number of sulfonamides is 1. The fourth-order valence-corrected chi connectivity index (χ4v) is 6.16. The van der Waals surface area contributed by atoms with Crippen molar-refractivity contribution in [1.29, 1.82) is 0 Å². The Kier molecular flexibility index (Phi) is 8.58. The molecule has 7 nitrogen and oxygen atoms in total. The van der Waals surface area contributed by atoms with Gasteiger partial charge in [-0.3, -0.25) is 14.5 Å². The molecule has 38 heavy (non-hydrogen) atoms. The van der Waals surface area contributed by atoms with E-state index in [1.807, 2.05) is 32.9 Å². The third-order valence-corrected chi connectivity index (χ3v) is 8.21. The van der Waals surface area contributed by atoms with Gasteiger partial charge in [-0.2, -0.15) is 0 Å². The van der Waals surface area contributed by atoms with Crippen LogP contribution in [-0.2, 0) is 16.6 Å². The smallest absolute Gasteiger partial charge is 0.254 e. The number of halogens is 1. The first-order valence-corrected chi connectivity index (χ1v) is 14.2. The van der Waals surface area contributed by atoms with Crippen molar-refractivity contribution >= 4 is 27.8 Å². The summed E-state index contributed by atoms with van der Waals surface area (Å²) < 4.78 is 42.1. The first-order valence-electron chi connectivity index (χ1n) is 12.6. The molecule has 200 valence electrons. The average molecular weight is 537 g/mol. The number of allylic oxidation sites excluding steroid dienone is 3. The van der Waals surface area contributed by atoms with Gasteiger partial charge in [0.05, 0.1) is 6.04 Å². The zero-order chi connectivity index (χ0) is 27.3. The van der Waals surface area contributed by atoms with Crippen LogP contribution in [0.15, 0.2) is 89.5 Å². The van der Waals surface area contributed by atoms with Crippen LogP contribution < -0.4 is 10.0 Å². The minimum Gasteiger partial charge on any atom is -0.332 e. The largest absolute Gasteiger partial charge is 0.332 e. The molecule has 9 heteroatoms. The maximum Gasteiger partial charge on any atom is 0.254 e. The summed E-state index contributed by atoms with van der Waals surface area (Å²) in [6.07, 6.45) is 10.5. The van der Waals surface area contributed by atoms with Gasteiger partial charge in [-0.05, 0) is 74.4 Å². The Morgan fingerprint density at radius 1 is 1.05 bits per heavy atom. The van der Waals surface area contributed by atoms with Crippen LogP contribution in [0, 0.1) is 5.82 Å². The number of hydrogen-bond acceptors (Lipinski definition) is 5. The van der Waals surface area contributed by atoms with Gasteiger partial charge in [0.15, 0.2) is 0 Å². The first-order chi connectivity index (χ1) is 18.2. The van der Waals surface area contributed by atoms with Gasteiger partial charge in [0.25, 0.3) is 5.91 Å². The maximum atomic E-state index is 13.4. The highest BCUT2D eigenvalue weighted by Crippen LogP contribution is 2.27. The Labute approximate surface area is 223 Å². The van der Waals surface area contributed by atoms with Crippen molar-refractivity contribution in [3.63, 3.8) is 0 Å². The molecule has 3 atom stereocenters. The highest BCUT2D eigenvalue weighted by atomic mass is 32.2. The Morgan fingerprint density at radius 2 is 1.76 bits per heavy atom. The fourth-order valence-electron chi connectivity index (χ4n) is 4.70. The topological polar surface area (TPSA) is 90.9 Å².